The Morgan fingerprint density at radius 1 is 1.38 bits per heavy atom. The number of non-ortho nitro benzene ring substituents is 1. The van der Waals surface area contributed by atoms with Gasteiger partial charge in [-0.1, -0.05) is 12.1 Å². The molecule has 1 unspecified atom stereocenters. The van der Waals surface area contributed by atoms with Crippen molar-refractivity contribution in [2.24, 2.45) is 0 Å². The summed E-state index contributed by atoms with van der Waals surface area (Å²) in [5.74, 6) is -0.338. The van der Waals surface area contributed by atoms with Crippen LogP contribution in [0.25, 0.3) is 0 Å². The van der Waals surface area contributed by atoms with Crippen LogP contribution in [0.4, 0.5) is 5.69 Å². The molecule has 11 heteroatoms. The number of nitro benzene ring substituents is 1. The number of aliphatic hydroxyl groups excluding tert-OH is 1. The largest absolute Gasteiger partial charge is 0.390 e. The van der Waals surface area contributed by atoms with Gasteiger partial charge in [0.25, 0.3) is 11.2 Å². The lowest BCUT2D eigenvalue weighted by atomic mass is 10.1. The number of nitrogens with zero attached hydrogens (tertiary/aromatic N) is 2. The Morgan fingerprint density at radius 3 is 2.72 bits per heavy atom. The molecule has 2 heterocycles. The minimum absolute atomic E-state index is 0.0167. The molecule has 1 saturated heterocycles. The van der Waals surface area contributed by atoms with Crippen molar-refractivity contribution in [1.29, 1.82) is 0 Å². The first-order valence-corrected chi connectivity index (χ1v) is 8.90. The number of hydrogen-bond donors (Lipinski definition) is 3. The van der Waals surface area contributed by atoms with Crippen LogP contribution in [0, 0.1) is 17.0 Å². The van der Waals surface area contributed by atoms with Gasteiger partial charge in [0, 0.05) is 36.9 Å². The fourth-order valence-electron chi connectivity index (χ4n) is 3.07. The van der Waals surface area contributed by atoms with Crippen molar-refractivity contribution in [1.82, 2.24) is 14.9 Å². The molecule has 29 heavy (non-hydrogen) atoms. The Balaban J connectivity index is 1.56. The Hall–Kier alpha value is -3.31. The van der Waals surface area contributed by atoms with Gasteiger partial charge in [-0.25, -0.2) is 4.79 Å². The third-order valence-electron chi connectivity index (χ3n) is 4.67. The van der Waals surface area contributed by atoms with Gasteiger partial charge in [0.2, 0.25) is 5.91 Å². The van der Waals surface area contributed by atoms with E-state index in [4.69, 9.17) is 4.74 Å². The second kappa shape index (κ2) is 8.37. The molecule has 1 fully saturated rings. The average Bonchev–Trinajstić information content (AvgIpc) is 3.04. The third kappa shape index (κ3) is 4.76. The van der Waals surface area contributed by atoms with E-state index >= 15 is 0 Å². The van der Waals surface area contributed by atoms with Crippen LogP contribution in [0.3, 0.4) is 0 Å². The van der Waals surface area contributed by atoms with E-state index in [0.717, 1.165) is 0 Å². The number of amides is 1. The molecule has 0 spiro atoms. The van der Waals surface area contributed by atoms with Gasteiger partial charge in [0.05, 0.1) is 17.4 Å². The van der Waals surface area contributed by atoms with Gasteiger partial charge in [-0.15, -0.1) is 0 Å². The fraction of sp³-hybridized carbons (Fsp3) is 0.389. The van der Waals surface area contributed by atoms with E-state index in [1.165, 1.54) is 35.0 Å². The van der Waals surface area contributed by atoms with Crippen molar-refractivity contribution >= 4 is 11.6 Å². The highest BCUT2D eigenvalue weighted by Crippen LogP contribution is 2.27. The van der Waals surface area contributed by atoms with Gasteiger partial charge in [-0.2, -0.15) is 0 Å². The zero-order valence-electron chi connectivity index (χ0n) is 15.5. The Bertz CT molecular complexity index is 1030. The second-order valence-electron chi connectivity index (χ2n) is 6.82. The van der Waals surface area contributed by atoms with Crippen LogP contribution in [0.1, 0.15) is 23.8 Å². The van der Waals surface area contributed by atoms with Crippen LogP contribution in [-0.2, 0) is 16.0 Å². The SMILES string of the molecule is Cc1cn([C@H]2CC(O)[C@@H](CNC(=O)Cc3ccc([N+](=O)[O-])cc3)O2)c(=O)[nH]c1=O. The summed E-state index contributed by atoms with van der Waals surface area (Å²) in [6.45, 7) is 1.58. The first kappa shape index (κ1) is 20.4. The minimum atomic E-state index is -0.904. The number of nitro groups is 1. The van der Waals surface area contributed by atoms with Crippen molar-refractivity contribution in [3.8, 4) is 0 Å². The number of nitrogens with one attached hydrogen (secondary N) is 2. The smallest absolute Gasteiger partial charge is 0.330 e. The highest BCUT2D eigenvalue weighted by molar-refractivity contribution is 5.78. The number of ether oxygens (including phenoxy) is 1. The number of aryl methyl sites for hydroxylation is 1. The summed E-state index contributed by atoms with van der Waals surface area (Å²) in [4.78, 5) is 47.9. The predicted octanol–water partition coefficient (Wildman–Crippen LogP) is -0.239. The molecule has 11 nitrogen and oxygen atoms in total. The van der Waals surface area contributed by atoms with Gasteiger partial charge in [0.15, 0.2) is 0 Å². The summed E-state index contributed by atoms with van der Waals surface area (Å²) in [6, 6.07) is 5.64. The lowest BCUT2D eigenvalue weighted by Gasteiger charge is -2.17. The van der Waals surface area contributed by atoms with E-state index in [0.29, 0.717) is 11.1 Å². The summed E-state index contributed by atoms with van der Waals surface area (Å²) in [5, 5.41) is 23.5. The number of aliphatic hydroxyl groups is 1. The molecule has 1 aromatic carbocycles. The van der Waals surface area contributed by atoms with E-state index in [2.05, 4.69) is 10.3 Å². The van der Waals surface area contributed by atoms with E-state index in [-0.39, 0.29) is 31.0 Å². The van der Waals surface area contributed by atoms with Crippen molar-refractivity contribution in [3.05, 3.63) is 72.5 Å². The van der Waals surface area contributed by atoms with Crippen molar-refractivity contribution in [2.45, 2.75) is 38.2 Å². The standard InChI is InChI=1S/C18H20N4O7/c1-10-9-21(18(26)20-17(10)25)16-7-13(23)14(29-16)8-19-15(24)6-11-2-4-12(5-3-11)22(27)28/h2-5,9,13-14,16,23H,6-8H2,1H3,(H,19,24)(H,20,25,26)/t13?,14-,16-/m1/s1. The van der Waals surface area contributed by atoms with Gasteiger partial charge >= 0.3 is 5.69 Å². The topological polar surface area (TPSA) is 157 Å². The molecule has 1 aliphatic rings. The number of aromatic amines is 1. The molecule has 0 radical (unpaired) electrons. The Morgan fingerprint density at radius 2 is 2.07 bits per heavy atom. The number of H-pyrrole nitrogens is 1. The maximum Gasteiger partial charge on any atom is 0.330 e. The minimum Gasteiger partial charge on any atom is -0.390 e. The number of rotatable bonds is 6. The van der Waals surface area contributed by atoms with E-state index in [1.54, 1.807) is 6.92 Å². The first-order chi connectivity index (χ1) is 13.7. The number of benzene rings is 1. The third-order valence-corrected chi connectivity index (χ3v) is 4.67. The van der Waals surface area contributed by atoms with E-state index < -0.39 is 34.6 Å². The first-order valence-electron chi connectivity index (χ1n) is 8.90. The van der Waals surface area contributed by atoms with E-state index in [9.17, 15) is 29.6 Å². The van der Waals surface area contributed by atoms with Crippen LogP contribution in [0.5, 0.6) is 0 Å². The predicted molar refractivity (Wildman–Crippen MR) is 100 cm³/mol. The quantitative estimate of drug-likeness (QED) is 0.443. The number of carbonyl (C=O) groups excluding carboxylic acids is 1. The van der Waals surface area contributed by atoms with Crippen molar-refractivity contribution in [3.63, 3.8) is 0 Å². The van der Waals surface area contributed by atoms with Gasteiger partial charge in [0.1, 0.15) is 12.3 Å². The molecular formula is C18H20N4O7. The molecule has 3 atom stereocenters. The van der Waals surface area contributed by atoms with Crippen molar-refractivity contribution < 1.29 is 19.6 Å². The summed E-state index contributed by atoms with van der Waals surface area (Å²) < 4.78 is 6.89. The summed E-state index contributed by atoms with van der Waals surface area (Å²) in [6.07, 6.45) is -0.867. The summed E-state index contributed by atoms with van der Waals surface area (Å²) >= 11 is 0. The van der Waals surface area contributed by atoms with E-state index in [1.807, 2.05) is 0 Å². The van der Waals surface area contributed by atoms with Crippen LogP contribution >= 0.6 is 0 Å². The highest BCUT2D eigenvalue weighted by Gasteiger charge is 2.35. The van der Waals surface area contributed by atoms with Crippen LogP contribution in [-0.4, -0.2) is 44.2 Å². The monoisotopic (exact) mass is 404 g/mol. The van der Waals surface area contributed by atoms with Crippen LogP contribution in [0.15, 0.2) is 40.1 Å². The van der Waals surface area contributed by atoms with Crippen LogP contribution < -0.4 is 16.6 Å². The summed E-state index contributed by atoms with van der Waals surface area (Å²) in [7, 11) is 0. The number of carbonyl (C=O) groups is 1. The molecule has 154 valence electrons. The highest BCUT2D eigenvalue weighted by atomic mass is 16.6. The molecule has 2 aromatic rings. The molecular weight excluding hydrogens is 384 g/mol. The lowest BCUT2D eigenvalue weighted by molar-refractivity contribution is -0.384. The molecule has 1 amide bonds. The zero-order valence-corrected chi connectivity index (χ0v) is 15.5. The van der Waals surface area contributed by atoms with Gasteiger partial charge in [-0.3, -0.25) is 29.3 Å². The molecule has 1 aromatic heterocycles. The molecule has 0 bridgehead atoms. The van der Waals surface area contributed by atoms with Crippen molar-refractivity contribution in [2.75, 3.05) is 6.54 Å². The second-order valence-corrected chi connectivity index (χ2v) is 6.82. The zero-order chi connectivity index (χ0) is 21.1. The molecule has 3 N–H and O–H groups in total. The average molecular weight is 404 g/mol. The van der Waals surface area contributed by atoms with Gasteiger partial charge in [-0.05, 0) is 12.5 Å². The normalized spacial score (nSPS) is 21.1. The molecule has 3 rings (SSSR count). The van der Waals surface area contributed by atoms with Crippen LogP contribution in [0.2, 0.25) is 0 Å². The Labute approximate surface area is 164 Å². The summed E-state index contributed by atoms with van der Waals surface area (Å²) in [5.41, 5.74) is -0.243. The maximum absolute atomic E-state index is 12.1. The lowest BCUT2D eigenvalue weighted by Crippen LogP contribution is -2.38. The number of hydrogen-bond acceptors (Lipinski definition) is 7. The van der Waals surface area contributed by atoms with Gasteiger partial charge < -0.3 is 15.2 Å². The molecule has 1 aliphatic heterocycles. The Kier molecular flexibility index (Phi) is 5.89. The number of aromatic nitrogens is 2. The molecule has 0 saturated carbocycles. The maximum atomic E-state index is 12.1. The fourth-order valence-corrected chi connectivity index (χ4v) is 3.07. The molecule has 0 aliphatic carbocycles.